The van der Waals surface area contributed by atoms with Crippen LogP contribution in [0.15, 0.2) is 23.2 Å². The smallest absolute Gasteiger partial charge is 0.211 e. The van der Waals surface area contributed by atoms with E-state index in [-0.39, 0.29) is 11.7 Å². The second-order valence-corrected chi connectivity index (χ2v) is 6.90. The van der Waals surface area contributed by atoms with Crippen molar-refractivity contribution >= 4 is 33.3 Å². The predicted molar refractivity (Wildman–Crippen MR) is 90.2 cm³/mol. The fourth-order valence-electron chi connectivity index (χ4n) is 1.54. The summed E-state index contributed by atoms with van der Waals surface area (Å²) in [6, 6.07) is 5.16. The van der Waals surface area contributed by atoms with Crippen LogP contribution < -0.4 is 20.5 Å². The van der Waals surface area contributed by atoms with Gasteiger partial charge >= 0.3 is 0 Å². The van der Waals surface area contributed by atoms with E-state index in [1.54, 1.807) is 25.1 Å². The minimum atomic E-state index is -3.15. The van der Waals surface area contributed by atoms with Gasteiger partial charge in [0.1, 0.15) is 5.75 Å². The predicted octanol–water partition coefficient (Wildman–Crippen LogP) is 1.40. The van der Waals surface area contributed by atoms with Crippen LogP contribution in [0.4, 0.5) is 5.69 Å². The number of halogens is 1. The van der Waals surface area contributed by atoms with Gasteiger partial charge in [0.25, 0.3) is 0 Å². The van der Waals surface area contributed by atoms with Crippen molar-refractivity contribution in [3.63, 3.8) is 0 Å². The molecular weight excluding hydrogens is 328 g/mol. The van der Waals surface area contributed by atoms with E-state index < -0.39 is 10.0 Å². The summed E-state index contributed by atoms with van der Waals surface area (Å²) in [5.41, 5.74) is 6.44. The van der Waals surface area contributed by atoms with Crippen molar-refractivity contribution in [2.24, 2.45) is 10.7 Å². The van der Waals surface area contributed by atoms with E-state index in [0.29, 0.717) is 36.0 Å². The monoisotopic (exact) mass is 348 g/mol. The Bertz CT molecular complexity index is 620. The molecule has 0 aliphatic rings. The zero-order chi connectivity index (χ0) is 16.6. The fraction of sp³-hybridized carbons (Fsp3) is 0.462. The molecule has 1 aromatic carbocycles. The summed E-state index contributed by atoms with van der Waals surface area (Å²) < 4.78 is 29.9. The maximum Gasteiger partial charge on any atom is 0.211 e. The number of ether oxygens (including phenoxy) is 1. The number of nitrogens with two attached hydrogens (primary N) is 1. The molecule has 0 atom stereocenters. The average Bonchev–Trinajstić information content (AvgIpc) is 2.47. The normalized spacial score (nSPS) is 12.2. The summed E-state index contributed by atoms with van der Waals surface area (Å²) in [5.74, 6) is 0.878. The van der Waals surface area contributed by atoms with E-state index in [1.807, 2.05) is 0 Å². The molecule has 0 heterocycles. The number of methoxy groups -OCH3 is 1. The second kappa shape index (κ2) is 8.82. The van der Waals surface area contributed by atoms with Gasteiger partial charge in [-0.05, 0) is 31.5 Å². The molecule has 0 unspecified atom stereocenters. The molecule has 0 saturated heterocycles. The molecule has 1 rings (SSSR count). The van der Waals surface area contributed by atoms with E-state index in [2.05, 4.69) is 15.0 Å². The number of hydrogen-bond acceptors (Lipinski definition) is 4. The Morgan fingerprint density at radius 1 is 1.45 bits per heavy atom. The van der Waals surface area contributed by atoms with Crippen molar-refractivity contribution in [3.8, 4) is 5.75 Å². The number of benzene rings is 1. The first-order chi connectivity index (χ1) is 10.4. The van der Waals surface area contributed by atoms with Gasteiger partial charge in [-0.3, -0.25) is 4.99 Å². The number of anilines is 1. The first-order valence-corrected chi connectivity index (χ1v) is 8.78. The summed E-state index contributed by atoms with van der Waals surface area (Å²) in [4.78, 5) is 4.11. The van der Waals surface area contributed by atoms with Crippen molar-refractivity contribution in [1.82, 2.24) is 4.72 Å². The molecule has 0 fully saturated rings. The topological polar surface area (TPSA) is 106 Å². The zero-order valence-corrected chi connectivity index (χ0v) is 14.2. The van der Waals surface area contributed by atoms with Crippen molar-refractivity contribution in [3.05, 3.63) is 23.2 Å². The van der Waals surface area contributed by atoms with Gasteiger partial charge in [0, 0.05) is 18.8 Å². The van der Waals surface area contributed by atoms with Gasteiger partial charge in [0.2, 0.25) is 10.0 Å². The Morgan fingerprint density at radius 2 is 2.18 bits per heavy atom. The van der Waals surface area contributed by atoms with Gasteiger partial charge < -0.3 is 15.8 Å². The SMILES string of the molecule is CCS(=O)(=O)NCCCN=C(N)Nc1ccc(OC)c(Cl)c1. The van der Waals surface area contributed by atoms with Crippen LogP contribution >= 0.6 is 11.6 Å². The number of aliphatic imine (C=N–C) groups is 1. The maximum atomic E-state index is 11.2. The fourth-order valence-corrected chi connectivity index (χ4v) is 2.46. The molecule has 22 heavy (non-hydrogen) atoms. The highest BCUT2D eigenvalue weighted by Gasteiger charge is 2.04. The van der Waals surface area contributed by atoms with E-state index in [9.17, 15) is 8.42 Å². The number of nitrogens with zero attached hydrogens (tertiary/aromatic N) is 1. The maximum absolute atomic E-state index is 11.2. The molecule has 0 aliphatic carbocycles. The van der Waals surface area contributed by atoms with E-state index in [4.69, 9.17) is 22.1 Å². The molecule has 0 saturated carbocycles. The summed E-state index contributed by atoms with van der Waals surface area (Å²) in [6.07, 6.45) is 0.560. The van der Waals surface area contributed by atoms with E-state index >= 15 is 0 Å². The summed E-state index contributed by atoms with van der Waals surface area (Å²) in [5, 5.41) is 3.37. The summed E-state index contributed by atoms with van der Waals surface area (Å²) in [6.45, 7) is 2.33. The molecule has 0 bridgehead atoms. The van der Waals surface area contributed by atoms with E-state index in [1.165, 1.54) is 7.11 Å². The number of rotatable bonds is 8. The van der Waals surface area contributed by atoms with Crippen molar-refractivity contribution < 1.29 is 13.2 Å². The van der Waals surface area contributed by atoms with Crippen molar-refractivity contribution in [2.75, 3.05) is 31.3 Å². The Morgan fingerprint density at radius 3 is 2.77 bits per heavy atom. The number of hydrogen-bond donors (Lipinski definition) is 3. The molecule has 0 amide bonds. The zero-order valence-electron chi connectivity index (χ0n) is 12.6. The minimum absolute atomic E-state index is 0.0677. The van der Waals surface area contributed by atoms with Gasteiger partial charge in [0.15, 0.2) is 5.96 Å². The lowest BCUT2D eigenvalue weighted by Gasteiger charge is -2.08. The lowest BCUT2D eigenvalue weighted by atomic mass is 10.3. The summed E-state index contributed by atoms with van der Waals surface area (Å²) in [7, 11) is -1.61. The highest BCUT2D eigenvalue weighted by molar-refractivity contribution is 7.89. The molecule has 0 aromatic heterocycles. The van der Waals surface area contributed by atoms with Crippen molar-refractivity contribution in [1.29, 1.82) is 0 Å². The molecule has 4 N–H and O–H groups in total. The van der Waals surface area contributed by atoms with Gasteiger partial charge in [-0.15, -0.1) is 0 Å². The second-order valence-electron chi connectivity index (χ2n) is 4.39. The van der Waals surface area contributed by atoms with Crippen LogP contribution in [-0.4, -0.2) is 40.3 Å². The molecule has 7 nitrogen and oxygen atoms in total. The molecule has 0 spiro atoms. The highest BCUT2D eigenvalue weighted by Crippen LogP contribution is 2.26. The number of guanidine groups is 1. The Kier molecular flexibility index (Phi) is 7.43. The standard InChI is InChI=1S/C13H21ClN4O3S/c1-3-22(19,20)17-8-4-7-16-13(15)18-10-5-6-12(21-2)11(14)9-10/h5-6,9,17H,3-4,7-8H2,1-2H3,(H3,15,16,18). The van der Waals surface area contributed by atoms with Gasteiger partial charge in [-0.25, -0.2) is 13.1 Å². The molecular formula is C13H21ClN4O3S. The van der Waals surface area contributed by atoms with Crippen LogP contribution in [0.25, 0.3) is 0 Å². The van der Waals surface area contributed by atoms with E-state index in [0.717, 1.165) is 0 Å². The molecule has 0 radical (unpaired) electrons. The van der Waals surface area contributed by atoms with Crippen LogP contribution in [0.5, 0.6) is 5.75 Å². The quantitative estimate of drug-likeness (QED) is 0.374. The van der Waals surface area contributed by atoms with Crippen LogP contribution in [0.2, 0.25) is 5.02 Å². The first kappa shape index (κ1) is 18.5. The lowest BCUT2D eigenvalue weighted by molar-refractivity contribution is 0.415. The average molecular weight is 349 g/mol. The molecule has 9 heteroatoms. The third-order valence-corrected chi connectivity index (χ3v) is 4.44. The van der Waals surface area contributed by atoms with Gasteiger partial charge in [0.05, 0.1) is 17.9 Å². The largest absolute Gasteiger partial charge is 0.495 e. The van der Waals surface area contributed by atoms with Crippen LogP contribution in [0, 0.1) is 0 Å². The Hall–Kier alpha value is -1.51. The highest BCUT2D eigenvalue weighted by atomic mass is 35.5. The first-order valence-electron chi connectivity index (χ1n) is 6.75. The van der Waals surface area contributed by atoms with Crippen molar-refractivity contribution in [2.45, 2.75) is 13.3 Å². The number of nitrogens with one attached hydrogen (secondary N) is 2. The minimum Gasteiger partial charge on any atom is -0.495 e. The van der Waals surface area contributed by atoms with Crippen LogP contribution in [0.1, 0.15) is 13.3 Å². The van der Waals surface area contributed by atoms with Gasteiger partial charge in [-0.2, -0.15) is 0 Å². The third-order valence-electron chi connectivity index (χ3n) is 2.74. The lowest BCUT2D eigenvalue weighted by Crippen LogP contribution is -2.27. The molecule has 1 aromatic rings. The summed E-state index contributed by atoms with van der Waals surface area (Å²) >= 11 is 6.00. The Labute approximate surface area is 135 Å². The third kappa shape index (κ3) is 6.50. The van der Waals surface area contributed by atoms with Crippen LogP contribution in [-0.2, 0) is 10.0 Å². The molecule has 0 aliphatic heterocycles. The molecule has 124 valence electrons. The van der Waals surface area contributed by atoms with Crippen LogP contribution in [0.3, 0.4) is 0 Å². The van der Waals surface area contributed by atoms with Gasteiger partial charge in [-0.1, -0.05) is 11.6 Å². The number of sulfonamides is 1. The Balaban J connectivity index is 2.41.